The van der Waals surface area contributed by atoms with Crippen molar-refractivity contribution in [1.29, 1.82) is 0 Å². The number of ether oxygens (including phenoxy) is 3. The Hall–Kier alpha value is -3.48. The number of hydrogen-bond acceptors (Lipinski definition) is 5. The van der Waals surface area contributed by atoms with E-state index in [1.165, 1.54) is 39.7 Å². The van der Waals surface area contributed by atoms with Gasteiger partial charge in [-0.25, -0.2) is 0 Å². The molecule has 0 unspecified atom stereocenters. The number of nitrogens with one attached hydrogen (secondary N) is 2. The monoisotopic (exact) mass is 452 g/mol. The van der Waals surface area contributed by atoms with Gasteiger partial charge in [0.1, 0.15) is 0 Å². The molecule has 7 heteroatoms. The van der Waals surface area contributed by atoms with Crippen molar-refractivity contribution in [3.05, 3.63) is 64.7 Å². The molecule has 0 radical (unpaired) electrons. The van der Waals surface area contributed by atoms with E-state index in [-0.39, 0.29) is 11.8 Å². The number of benzene rings is 2. The van der Waals surface area contributed by atoms with Crippen LogP contribution in [-0.2, 0) is 6.54 Å². The average Bonchev–Trinajstić information content (AvgIpc) is 2.87. The van der Waals surface area contributed by atoms with Crippen LogP contribution < -0.4 is 24.8 Å². The lowest BCUT2D eigenvalue weighted by atomic mass is 9.97. The zero-order valence-electron chi connectivity index (χ0n) is 19.5. The number of carbonyl (C=O) groups is 2. The van der Waals surface area contributed by atoms with Crippen molar-refractivity contribution >= 4 is 11.8 Å². The molecule has 0 atom stereocenters. The largest absolute Gasteiger partial charge is 0.493 e. The Morgan fingerprint density at radius 3 is 2.09 bits per heavy atom. The van der Waals surface area contributed by atoms with Gasteiger partial charge in [-0.3, -0.25) is 9.59 Å². The van der Waals surface area contributed by atoms with Crippen LogP contribution in [0.4, 0.5) is 0 Å². The van der Waals surface area contributed by atoms with Crippen molar-refractivity contribution < 1.29 is 23.8 Å². The molecular weight excluding hydrogens is 420 g/mol. The predicted octanol–water partition coefficient (Wildman–Crippen LogP) is 4.26. The summed E-state index contributed by atoms with van der Waals surface area (Å²) in [7, 11) is 4.52. The second kappa shape index (κ2) is 11.9. The van der Waals surface area contributed by atoms with Crippen LogP contribution in [0.15, 0.2) is 48.0 Å². The molecule has 3 rings (SSSR count). The molecule has 176 valence electrons. The van der Waals surface area contributed by atoms with Crippen molar-refractivity contribution in [2.24, 2.45) is 0 Å². The molecule has 0 saturated heterocycles. The molecule has 0 aliphatic heterocycles. The maximum absolute atomic E-state index is 12.6. The van der Waals surface area contributed by atoms with E-state index in [9.17, 15) is 9.59 Å². The van der Waals surface area contributed by atoms with Gasteiger partial charge in [0, 0.05) is 24.2 Å². The van der Waals surface area contributed by atoms with Gasteiger partial charge in [-0.05, 0) is 61.9 Å². The van der Waals surface area contributed by atoms with Crippen LogP contribution in [0.25, 0.3) is 0 Å². The van der Waals surface area contributed by atoms with Crippen LogP contribution in [0.5, 0.6) is 17.2 Å². The minimum atomic E-state index is -0.270. The predicted molar refractivity (Wildman–Crippen MR) is 127 cm³/mol. The van der Waals surface area contributed by atoms with Crippen molar-refractivity contribution in [2.75, 3.05) is 27.9 Å². The molecule has 2 aromatic rings. The normalized spacial score (nSPS) is 13.0. The lowest BCUT2D eigenvalue weighted by molar-refractivity contribution is 0.0942. The summed E-state index contributed by atoms with van der Waals surface area (Å²) in [5.74, 6) is 0.905. The SMILES string of the molecule is COc1cc(C(=O)NCc2ccc(C(=O)NCCC3=CCCCC3)cc2)cc(OC)c1OC. The molecule has 0 bridgehead atoms. The molecule has 2 amide bonds. The summed E-state index contributed by atoms with van der Waals surface area (Å²) in [4.78, 5) is 25.0. The van der Waals surface area contributed by atoms with Crippen LogP contribution in [0.3, 0.4) is 0 Å². The van der Waals surface area contributed by atoms with Crippen molar-refractivity contribution in [2.45, 2.75) is 38.6 Å². The fourth-order valence-corrected chi connectivity index (χ4v) is 3.84. The number of amides is 2. The van der Waals surface area contributed by atoms with Gasteiger partial charge in [0.25, 0.3) is 11.8 Å². The maximum Gasteiger partial charge on any atom is 0.251 e. The minimum absolute atomic E-state index is 0.0839. The topological polar surface area (TPSA) is 85.9 Å². The first-order valence-corrected chi connectivity index (χ1v) is 11.2. The molecule has 2 N–H and O–H groups in total. The van der Waals surface area contributed by atoms with E-state index in [2.05, 4.69) is 16.7 Å². The molecule has 1 aliphatic rings. The van der Waals surface area contributed by atoms with Crippen molar-refractivity contribution in [3.63, 3.8) is 0 Å². The third kappa shape index (κ3) is 6.51. The highest BCUT2D eigenvalue weighted by Crippen LogP contribution is 2.38. The van der Waals surface area contributed by atoms with Crippen LogP contribution >= 0.6 is 0 Å². The number of rotatable bonds is 10. The third-order valence-electron chi connectivity index (χ3n) is 5.71. The molecule has 0 saturated carbocycles. The second-order valence-electron chi connectivity index (χ2n) is 7.91. The Morgan fingerprint density at radius 2 is 1.52 bits per heavy atom. The lowest BCUT2D eigenvalue weighted by Crippen LogP contribution is -2.25. The summed E-state index contributed by atoms with van der Waals surface area (Å²) in [5, 5.41) is 5.86. The average molecular weight is 453 g/mol. The van der Waals surface area contributed by atoms with E-state index in [0.29, 0.717) is 41.5 Å². The number of allylic oxidation sites excluding steroid dienone is 1. The Labute approximate surface area is 195 Å². The zero-order chi connectivity index (χ0) is 23.6. The molecule has 2 aromatic carbocycles. The summed E-state index contributed by atoms with van der Waals surface area (Å²) in [5.41, 5.74) is 3.33. The first-order chi connectivity index (χ1) is 16.0. The van der Waals surface area contributed by atoms with Gasteiger partial charge in [0.15, 0.2) is 11.5 Å². The van der Waals surface area contributed by atoms with Crippen LogP contribution in [-0.4, -0.2) is 39.7 Å². The highest BCUT2D eigenvalue weighted by atomic mass is 16.5. The van der Waals surface area contributed by atoms with E-state index in [4.69, 9.17) is 14.2 Å². The van der Waals surface area contributed by atoms with Gasteiger partial charge in [-0.2, -0.15) is 0 Å². The standard InChI is InChI=1S/C26H32N2O5/c1-31-22-15-21(16-23(32-2)24(22)33-3)26(30)28-17-19-9-11-20(12-10-19)25(29)27-14-13-18-7-5-4-6-8-18/h7,9-12,15-16H,4-6,8,13-14,17H2,1-3H3,(H,27,29)(H,28,30). The van der Waals surface area contributed by atoms with E-state index in [0.717, 1.165) is 24.8 Å². The highest BCUT2D eigenvalue weighted by molar-refractivity contribution is 5.96. The Balaban J connectivity index is 1.53. The summed E-state index contributed by atoms with van der Waals surface area (Å²) in [6.45, 7) is 0.975. The van der Waals surface area contributed by atoms with Gasteiger partial charge >= 0.3 is 0 Å². The van der Waals surface area contributed by atoms with Gasteiger partial charge in [0.05, 0.1) is 21.3 Å². The van der Waals surface area contributed by atoms with Crippen molar-refractivity contribution in [1.82, 2.24) is 10.6 Å². The molecule has 33 heavy (non-hydrogen) atoms. The van der Waals surface area contributed by atoms with Gasteiger partial charge in [-0.15, -0.1) is 0 Å². The van der Waals surface area contributed by atoms with Gasteiger partial charge < -0.3 is 24.8 Å². The Bertz CT molecular complexity index is 973. The molecular formula is C26H32N2O5. The lowest BCUT2D eigenvalue weighted by Gasteiger charge is -2.14. The smallest absolute Gasteiger partial charge is 0.251 e. The third-order valence-corrected chi connectivity index (χ3v) is 5.71. The van der Waals surface area contributed by atoms with E-state index < -0.39 is 0 Å². The minimum Gasteiger partial charge on any atom is -0.493 e. The number of carbonyl (C=O) groups excluding carboxylic acids is 2. The molecule has 0 heterocycles. The summed E-state index contributed by atoms with van der Waals surface area (Å²) < 4.78 is 15.9. The van der Waals surface area contributed by atoms with Crippen LogP contribution in [0.1, 0.15) is 58.4 Å². The fraction of sp³-hybridized carbons (Fsp3) is 0.385. The van der Waals surface area contributed by atoms with Crippen molar-refractivity contribution in [3.8, 4) is 17.2 Å². The van der Waals surface area contributed by atoms with Gasteiger partial charge in [0.2, 0.25) is 5.75 Å². The summed E-state index contributed by atoms with van der Waals surface area (Å²) >= 11 is 0. The second-order valence-corrected chi connectivity index (χ2v) is 7.91. The molecule has 7 nitrogen and oxygen atoms in total. The molecule has 0 spiro atoms. The Kier molecular flexibility index (Phi) is 8.75. The molecule has 0 aromatic heterocycles. The first kappa shape index (κ1) is 24.2. The Morgan fingerprint density at radius 1 is 0.848 bits per heavy atom. The highest BCUT2D eigenvalue weighted by Gasteiger charge is 2.17. The summed E-state index contributed by atoms with van der Waals surface area (Å²) in [6.07, 6.45) is 8.03. The first-order valence-electron chi connectivity index (χ1n) is 11.2. The zero-order valence-corrected chi connectivity index (χ0v) is 19.5. The van der Waals surface area contributed by atoms with Crippen LogP contribution in [0, 0.1) is 0 Å². The number of methoxy groups -OCH3 is 3. The van der Waals surface area contributed by atoms with E-state index in [1.54, 1.807) is 24.3 Å². The molecule has 0 fully saturated rings. The maximum atomic E-state index is 12.6. The van der Waals surface area contributed by atoms with E-state index >= 15 is 0 Å². The molecule has 1 aliphatic carbocycles. The van der Waals surface area contributed by atoms with Crippen LogP contribution in [0.2, 0.25) is 0 Å². The number of hydrogen-bond donors (Lipinski definition) is 2. The van der Waals surface area contributed by atoms with Gasteiger partial charge in [-0.1, -0.05) is 23.8 Å². The fourth-order valence-electron chi connectivity index (χ4n) is 3.84. The summed E-state index contributed by atoms with van der Waals surface area (Å²) in [6, 6.07) is 10.4. The van der Waals surface area contributed by atoms with E-state index in [1.807, 2.05) is 12.1 Å². The quantitative estimate of drug-likeness (QED) is 0.526.